The van der Waals surface area contributed by atoms with Crippen molar-refractivity contribution in [3.05, 3.63) is 111 Å². The topological polar surface area (TPSA) is 17.1 Å². The van der Waals surface area contributed by atoms with Crippen LogP contribution in [-0.2, 0) is 6.42 Å². The van der Waals surface area contributed by atoms with Crippen molar-refractivity contribution in [1.82, 2.24) is 0 Å². The first-order valence-electron chi connectivity index (χ1n) is 12.6. The van der Waals surface area contributed by atoms with Crippen LogP contribution in [0.15, 0.2) is 94.8 Å². The number of hydrogen-bond acceptors (Lipinski definition) is 2. The van der Waals surface area contributed by atoms with E-state index in [4.69, 9.17) is 0 Å². The predicted octanol–water partition coefficient (Wildman–Crippen LogP) is 8.76. The van der Waals surface area contributed by atoms with Gasteiger partial charge >= 0.3 is 0 Å². The molecule has 3 aromatic rings. The number of carbonyl (C=O) groups excluding carboxylic acids is 1. The van der Waals surface area contributed by atoms with Crippen LogP contribution in [0, 0.1) is 11.8 Å². The van der Waals surface area contributed by atoms with Gasteiger partial charge in [-0.1, -0.05) is 104 Å². The Morgan fingerprint density at radius 1 is 0.882 bits per heavy atom. The van der Waals surface area contributed by atoms with E-state index in [9.17, 15) is 4.79 Å². The summed E-state index contributed by atoms with van der Waals surface area (Å²) in [5.41, 5.74) is 5.99. The number of Topliss-reactive ketones (excluding diaryl/α,β-unsaturated/α-hetero) is 1. The van der Waals surface area contributed by atoms with E-state index in [-0.39, 0.29) is 5.78 Å². The Kier molecular flexibility index (Phi) is 6.01. The van der Waals surface area contributed by atoms with Gasteiger partial charge in [-0.15, -0.1) is 11.8 Å². The van der Waals surface area contributed by atoms with E-state index < -0.39 is 0 Å². The van der Waals surface area contributed by atoms with Gasteiger partial charge in [0, 0.05) is 22.8 Å². The first-order chi connectivity index (χ1) is 16.7. The highest BCUT2D eigenvalue weighted by Gasteiger charge is 2.30. The van der Waals surface area contributed by atoms with Gasteiger partial charge in [0.15, 0.2) is 5.78 Å². The van der Waals surface area contributed by atoms with Gasteiger partial charge in [-0.2, -0.15) is 0 Å². The van der Waals surface area contributed by atoms with Crippen LogP contribution < -0.4 is 0 Å². The van der Waals surface area contributed by atoms with Gasteiger partial charge in [-0.25, -0.2) is 0 Å². The molecule has 34 heavy (non-hydrogen) atoms. The smallest absolute Gasteiger partial charge is 0.167 e. The minimum atomic E-state index is 0.178. The van der Waals surface area contributed by atoms with Crippen molar-refractivity contribution < 1.29 is 4.79 Å². The maximum absolute atomic E-state index is 13.2. The number of rotatable bonds is 6. The molecular weight excluding hydrogens is 432 g/mol. The molecule has 0 bridgehead atoms. The number of hydrogen-bond donors (Lipinski definition) is 0. The molecule has 0 aromatic heterocycles. The molecule has 170 valence electrons. The highest BCUT2D eigenvalue weighted by Crippen LogP contribution is 2.49. The van der Waals surface area contributed by atoms with E-state index in [0.717, 1.165) is 22.4 Å². The molecule has 2 aliphatic carbocycles. The summed E-state index contributed by atoms with van der Waals surface area (Å²) in [4.78, 5) is 14.7. The second kappa shape index (κ2) is 9.43. The zero-order valence-electron chi connectivity index (χ0n) is 19.5. The third-order valence-electron chi connectivity index (χ3n) is 7.70. The minimum Gasteiger partial charge on any atom is -0.294 e. The molecule has 1 saturated carbocycles. The predicted molar refractivity (Wildman–Crippen MR) is 145 cm³/mol. The molecule has 0 amide bonds. The van der Waals surface area contributed by atoms with E-state index in [2.05, 4.69) is 60.0 Å². The van der Waals surface area contributed by atoms with E-state index in [1.54, 1.807) is 5.57 Å². The Hall–Kier alpha value is -2.84. The van der Waals surface area contributed by atoms with Gasteiger partial charge in [0.2, 0.25) is 0 Å². The molecule has 3 aromatic carbocycles. The molecule has 6 rings (SSSR count). The van der Waals surface area contributed by atoms with Crippen LogP contribution in [0.25, 0.3) is 16.3 Å². The molecule has 1 heterocycles. The molecule has 0 spiro atoms. The van der Waals surface area contributed by atoms with Crippen LogP contribution in [-0.4, -0.2) is 5.78 Å². The minimum absolute atomic E-state index is 0.178. The molecule has 1 aliphatic heterocycles. The normalized spacial score (nSPS) is 20.1. The number of carbonyl (C=O) groups is 1. The van der Waals surface area contributed by atoms with Gasteiger partial charge in [-0.05, 0) is 57.4 Å². The van der Waals surface area contributed by atoms with Gasteiger partial charge in [0.1, 0.15) is 0 Å². The standard InChI is InChI=1S/C32H30OS/c33-31(26-15-14-23-10-4-5-11-24(23)17-26)19-25-12-6-7-13-29(25)27-18-30-28(21-34-32(30)20-27)16-22-8-2-1-3-9-22/h4-7,10-15,17-18,20-22,30H,1-3,8-9,16,19H2. The van der Waals surface area contributed by atoms with Crippen molar-refractivity contribution in [2.45, 2.75) is 44.9 Å². The Morgan fingerprint density at radius 2 is 1.68 bits per heavy atom. The molecule has 3 aliphatic rings. The fraction of sp³-hybridized carbons (Fsp3) is 0.281. The van der Waals surface area contributed by atoms with Crippen LogP contribution in [0.4, 0.5) is 0 Å². The molecule has 2 heteroatoms. The third-order valence-corrected chi connectivity index (χ3v) is 8.76. The van der Waals surface area contributed by atoms with Crippen LogP contribution in [0.3, 0.4) is 0 Å². The van der Waals surface area contributed by atoms with Crippen molar-refractivity contribution in [1.29, 1.82) is 0 Å². The summed E-state index contributed by atoms with van der Waals surface area (Å²) in [6, 6.07) is 22.7. The average Bonchev–Trinajstić information content (AvgIpc) is 3.46. The highest BCUT2D eigenvalue weighted by atomic mass is 32.2. The Balaban J connectivity index is 1.22. The highest BCUT2D eigenvalue weighted by molar-refractivity contribution is 8.06. The van der Waals surface area contributed by atoms with Crippen molar-refractivity contribution in [2.24, 2.45) is 11.8 Å². The number of allylic oxidation sites excluding steroid dienone is 5. The molecule has 0 N–H and O–H groups in total. The average molecular weight is 463 g/mol. The largest absolute Gasteiger partial charge is 0.294 e. The summed E-state index contributed by atoms with van der Waals surface area (Å²) in [6.07, 6.45) is 13.5. The lowest BCUT2D eigenvalue weighted by molar-refractivity contribution is 0.0993. The van der Waals surface area contributed by atoms with Crippen molar-refractivity contribution in [2.75, 3.05) is 0 Å². The summed E-state index contributed by atoms with van der Waals surface area (Å²) in [5.74, 6) is 1.49. The number of thioether (sulfide) groups is 1. The van der Waals surface area contributed by atoms with Gasteiger partial charge in [0.25, 0.3) is 0 Å². The third kappa shape index (κ3) is 4.32. The lowest BCUT2D eigenvalue weighted by Gasteiger charge is -2.23. The molecule has 1 atom stereocenters. The van der Waals surface area contributed by atoms with E-state index >= 15 is 0 Å². The lowest BCUT2D eigenvalue weighted by atomic mass is 9.82. The van der Waals surface area contributed by atoms with Crippen molar-refractivity contribution >= 4 is 33.9 Å². The quantitative estimate of drug-likeness (QED) is 0.341. The summed E-state index contributed by atoms with van der Waals surface area (Å²) >= 11 is 1.91. The molecule has 0 saturated heterocycles. The fourth-order valence-corrected chi connectivity index (χ4v) is 6.92. The molecular formula is C32H30OS. The van der Waals surface area contributed by atoms with Crippen LogP contribution in [0.5, 0.6) is 0 Å². The van der Waals surface area contributed by atoms with E-state index in [1.165, 1.54) is 60.0 Å². The van der Waals surface area contributed by atoms with Crippen LogP contribution >= 0.6 is 11.8 Å². The molecule has 0 radical (unpaired) electrons. The molecule has 1 fully saturated rings. The monoisotopic (exact) mass is 462 g/mol. The first-order valence-corrected chi connectivity index (χ1v) is 13.5. The zero-order chi connectivity index (χ0) is 22.9. The number of fused-ring (bicyclic) bond motifs is 2. The number of ketones is 1. The van der Waals surface area contributed by atoms with Crippen molar-refractivity contribution in [3.8, 4) is 0 Å². The van der Waals surface area contributed by atoms with Gasteiger partial charge < -0.3 is 0 Å². The SMILES string of the molecule is O=C(Cc1ccccc1C1=CC2C(CC3CCCCC3)=CSC2=C1)c1ccc2ccccc2c1. The second-order valence-corrected chi connectivity index (χ2v) is 10.9. The lowest BCUT2D eigenvalue weighted by Crippen LogP contribution is -2.09. The summed E-state index contributed by atoms with van der Waals surface area (Å²) in [7, 11) is 0. The summed E-state index contributed by atoms with van der Waals surface area (Å²) in [5, 5.41) is 4.70. The Bertz CT molecular complexity index is 1340. The maximum Gasteiger partial charge on any atom is 0.167 e. The van der Waals surface area contributed by atoms with Gasteiger partial charge in [0.05, 0.1) is 0 Å². The summed E-state index contributed by atoms with van der Waals surface area (Å²) in [6.45, 7) is 0. The maximum atomic E-state index is 13.2. The number of benzene rings is 3. The van der Waals surface area contributed by atoms with Crippen LogP contribution in [0.1, 0.15) is 60.0 Å². The van der Waals surface area contributed by atoms with E-state index in [0.29, 0.717) is 12.3 Å². The van der Waals surface area contributed by atoms with Crippen LogP contribution in [0.2, 0.25) is 0 Å². The molecule has 1 unspecified atom stereocenters. The fourth-order valence-electron chi connectivity index (χ4n) is 5.83. The Morgan fingerprint density at radius 3 is 2.56 bits per heavy atom. The molecule has 1 nitrogen and oxygen atoms in total. The van der Waals surface area contributed by atoms with Gasteiger partial charge in [-0.3, -0.25) is 4.79 Å². The second-order valence-electron chi connectivity index (χ2n) is 9.98. The van der Waals surface area contributed by atoms with Crippen molar-refractivity contribution in [3.63, 3.8) is 0 Å². The Labute approximate surface area is 206 Å². The van der Waals surface area contributed by atoms with E-state index in [1.807, 2.05) is 36.0 Å². The summed E-state index contributed by atoms with van der Waals surface area (Å²) < 4.78 is 0. The first kappa shape index (κ1) is 21.7. The zero-order valence-corrected chi connectivity index (χ0v) is 20.3.